The maximum absolute atomic E-state index is 10.6. The van der Waals surface area contributed by atoms with Gasteiger partial charge in [-0.1, -0.05) is 37.6 Å². The summed E-state index contributed by atoms with van der Waals surface area (Å²) in [4.78, 5) is 10.6. The fraction of sp³-hybridized carbons (Fsp3) is 0.417. The maximum atomic E-state index is 10.6. The highest BCUT2D eigenvalue weighted by molar-refractivity contribution is 5.76. The van der Waals surface area contributed by atoms with Gasteiger partial charge < -0.3 is 5.73 Å². The summed E-state index contributed by atoms with van der Waals surface area (Å²) < 4.78 is 0. The van der Waals surface area contributed by atoms with Crippen LogP contribution in [0.5, 0.6) is 0 Å². The van der Waals surface area contributed by atoms with E-state index < -0.39 is 0 Å². The Bertz CT molecular complexity index is 290. The maximum Gasteiger partial charge on any atom is 0.221 e. The highest BCUT2D eigenvalue weighted by atomic mass is 16.1. The first-order valence-electron chi connectivity index (χ1n) is 5.08. The van der Waals surface area contributed by atoms with E-state index in [4.69, 9.17) is 5.73 Å². The molecule has 0 aliphatic rings. The van der Waals surface area contributed by atoms with Gasteiger partial charge in [-0.25, -0.2) is 0 Å². The van der Waals surface area contributed by atoms with E-state index in [0.717, 1.165) is 12.0 Å². The zero-order valence-electron chi connectivity index (χ0n) is 8.62. The molecule has 2 N–H and O–H groups in total. The zero-order valence-corrected chi connectivity index (χ0v) is 8.62. The summed E-state index contributed by atoms with van der Waals surface area (Å²) in [5.74, 6) is -0.272. The van der Waals surface area contributed by atoms with Crippen LogP contribution in [0.3, 0.4) is 0 Å². The van der Waals surface area contributed by atoms with Crippen molar-refractivity contribution >= 4 is 5.91 Å². The standard InChI is InChI=1S/C12H17NO/c1-2-3-4-10-5-7-11(8-6-10)9-12(13)14/h5-8H,2-4,9H2,1H3,(H2,13,14). The van der Waals surface area contributed by atoms with Gasteiger partial charge in [0.05, 0.1) is 6.42 Å². The number of hydrogen-bond acceptors (Lipinski definition) is 1. The molecule has 0 saturated carbocycles. The number of hydrogen-bond donors (Lipinski definition) is 1. The van der Waals surface area contributed by atoms with Crippen molar-refractivity contribution in [1.29, 1.82) is 0 Å². The first kappa shape index (κ1) is 10.8. The first-order valence-corrected chi connectivity index (χ1v) is 5.08. The Morgan fingerprint density at radius 2 is 1.79 bits per heavy atom. The minimum Gasteiger partial charge on any atom is -0.369 e. The second kappa shape index (κ2) is 5.43. The van der Waals surface area contributed by atoms with Gasteiger partial charge in [0.15, 0.2) is 0 Å². The lowest BCUT2D eigenvalue weighted by Gasteiger charge is -2.01. The van der Waals surface area contributed by atoms with Gasteiger partial charge in [0, 0.05) is 0 Å². The van der Waals surface area contributed by atoms with Crippen molar-refractivity contribution in [2.75, 3.05) is 0 Å². The number of primary amides is 1. The molecule has 0 radical (unpaired) electrons. The molecular weight excluding hydrogens is 174 g/mol. The number of aryl methyl sites for hydroxylation is 1. The molecule has 1 aromatic carbocycles. The van der Waals surface area contributed by atoms with Crippen LogP contribution in [0.25, 0.3) is 0 Å². The molecule has 0 heterocycles. The monoisotopic (exact) mass is 191 g/mol. The van der Waals surface area contributed by atoms with Crippen molar-refractivity contribution in [2.45, 2.75) is 32.6 Å². The van der Waals surface area contributed by atoms with E-state index in [-0.39, 0.29) is 5.91 Å². The van der Waals surface area contributed by atoms with E-state index in [1.807, 2.05) is 12.1 Å². The summed E-state index contributed by atoms with van der Waals surface area (Å²) in [6.45, 7) is 2.18. The molecule has 2 heteroatoms. The van der Waals surface area contributed by atoms with Crippen LogP contribution in [0.1, 0.15) is 30.9 Å². The Balaban J connectivity index is 2.54. The Kier molecular flexibility index (Phi) is 4.17. The third kappa shape index (κ3) is 3.60. The first-order chi connectivity index (χ1) is 6.72. The largest absolute Gasteiger partial charge is 0.369 e. The number of carbonyl (C=O) groups excluding carboxylic acids is 1. The molecule has 14 heavy (non-hydrogen) atoms. The molecule has 0 bridgehead atoms. The Morgan fingerprint density at radius 3 is 2.29 bits per heavy atom. The Labute approximate surface area is 85.1 Å². The summed E-state index contributed by atoms with van der Waals surface area (Å²) in [7, 11) is 0. The molecule has 0 fully saturated rings. The number of benzene rings is 1. The van der Waals surface area contributed by atoms with Crippen LogP contribution in [0.2, 0.25) is 0 Å². The molecule has 1 rings (SSSR count). The lowest BCUT2D eigenvalue weighted by molar-refractivity contribution is -0.117. The SMILES string of the molecule is CCCCc1ccc(CC(N)=O)cc1. The lowest BCUT2D eigenvalue weighted by atomic mass is 10.0. The summed E-state index contributed by atoms with van der Waals surface area (Å²) >= 11 is 0. The minimum atomic E-state index is -0.272. The van der Waals surface area contributed by atoms with Crippen LogP contribution in [0, 0.1) is 0 Å². The molecule has 0 aliphatic heterocycles. The summed E-state index contributed by atoms with van der Waals surface area (Å²) in [5.41, 5.74) is 7.44. The van der Waals surface area contributed by atoms with E-state index in [0.29, 0.717) is 6.42 Å². The van der Waals surface area contributed by atoms with Gasteiger partial charge in [-0.05, 0) is 24.0 Å². The van der Waals surface area contributed by atoms with Crippen molar-refractivity contribution in [3.63, 3.8) is 0 Å². The molecule has 0 aromatic heterocycles. The molecule has 0 atom stereocenters. The van der Waals surface area contributed by atoms with E-state index in [1.54, 1.807) is 0 Å². The van der Waals surface area contributed by atoms with E-state index in [2.05, 4.69) is 19.1 Å². The molecular formula is C12H17NO. The minimum absolute atomic E-state index is 0.272. The molecule has 0 unspecified atom stereocenters. The molecule has 0 spiro atoms. The van der Waals surface area contributed by atoms with Crippen molar-refractivity contribution in [2.24, 2.45) is 5.73 Å². The normalized spacial score (nSPS) is 10.1. The Morgan fingerprint density at radius 1 is 1.21 bits per heavy atom. The summed E-state index contributed by atoms with van der Waals surface area (Å²) in [6.07, 6.45) is 3.89. The molecule has 2 nitrogen and oxygen atoms in total. The average Bonchev–Trinajstić information content (AvgIpc) is 2.16. The van der Waals surface area contributed by atoms with E-state index >= 15 is 0 Å². The zero-order chi connectivity index (χ0) is 10.4. The van der Waals surface area contributed by atoms with Gasteiger partial charge in [0.25, 0.3) is 0 Å². The smallest absolute Gasteiger partial charge is 0.221 e. The van der Waals surface area contributed by atoms with Gasteiger partial charge in [-0.3, -0.25) is 4.79 Å². The second-order valence-electron chi connectivity index (χ2n) is 3.56. The van der Waals surface area contributed by atoms with Crippen molar-refractivity contribution in [3.8, 4) is 0 Å². The quantitative estimate of drug-likeness (QED) is 0.760. The third-order valence-corrected chi connectivity index (χ3v) is 2.22. The van der Waals surface area contributed by atoms with Crippen LogP contribution in [-0.2, 0) is 17.6 Å². The highest BCUT2D eigenvalue weighted by Crippen LogP contribution is 2.08. The lowest BCUT2D eigenvalue weighted by Crippen LogP contribution is -2.13. The highest BCUT2D eigenvalue weighted by Gasteiger charge is 1.98. The number of rotatable bonds is 5. The van der Waals surface area contributed by atoms with Crippen molar-refractivity contribution < 1.29 is 4.79 Å². The topological polar surface area (TPSA) is 43.1 Å². The van der Waals surface area contributed by atoms with Gasteiger partial charge in [-0.2, -0.15) is 0 Å². The fourth-order valence-corrected chi connectivity index (χ4v) is 1.41. The van der Waals surface area contributed by atoms with Crippen LogP contribution in [0.15, 0.2) is 24.3 Å². The van der Waals surface area contributed by atoms with Crippen molar-refractivity contribution in [1.82, 2.24) is 0 Å². The van der Waals surface area contributed by atoms with Gasteiger partial charge in [0.1, 0.15) is 0 Å². The van der Waals surface area contributed by atoms with Gasteiger partial charge in [-0.15, -0.1) is 0 Å². The average molecular weight is 191 g/mol. The Hall–Kier alpha value is -1.31. The molecule has 0 aliphatic carbocycles. The van der Waals surface area contributed by atoms with Gasteiger partial charge in [0.2, 0.25) is 5.91 Å². The number of carbonyl (C=O) groups is 1. The summed E-state index contributed by atoms with van der Waals surface area (Å²) in [5, 5.41) is 0. The van der Waals surface area contributed by atoms with E-state index in [1.165, 1.54) is 18.4 Å². The molecule has 1 amide bonds. The van der Waals surface area contributed by atoms with E-state index in [9.17, 15) is 4.79 Å². The van der Waals surface area contributed by atoms with Crippen LogP contribution < -0.4 is 5.73 Å². The molecule has 1 aromatic rings. The second-order valence-corrected chi connectivity index (χ2v) is 3.56. The number of nitrogens with two attached hydrogens (primary N) is 1. The summed E-state index contributed by atoms with van der Waals surface area (Å²) in [6, 6.07) is 8.12. The van der Waals surface area contributed by atoms with Crippen molar-refractivity contribution in [3.05, 3.63) is 35.4 Å². The predicted octanol–water partition coefficient (Wildman–Crippen LogP) is 2.06. The predicted molar refractivity (Wildman–Crippen MR) is 58.0 cm³/mol. The van der Waals surface area contributed by atoms with Crippen LogP contribution in [0.4, 0.5) is 0 Å². The molecule has 0 saturated heterocycles. The van der Waals surface area contributed by atoms with Crippen LogP contribution in [-0.4, -0.2) is 5.91 Å². The molecule has 76 valence electrons. The van der Waals surface area contributed by atoms with Crippen LogP contribution >= 0.6 is 0 Å². The number of amides is 1. The van der Waals surface area contributed by atoms with Gasteiger partial charge >= 0.3 is 0 Å². The fourth-order valence-electron chi connectivity index (χ4n) is 1.41. The number of unbranched alkanes of at least 4 members (excludes halogenated alkanes) is 1. The third-order valence-electron chi connectivity index (χ3n) is 2.22.